The van der Waals surface area contributed by atoms with Gasteiger partial charge in [-0.25, -0.2) is 8.42 Å². The van der Waals surface area contributed by atoms with E-state index in [0.29, 0.717) is 11.6 Å². The van der Waals surface area contributed by atoms with E-state index in [2.05, 4.69) is 18.6 Å². The van der Waals surface area contributed by atoms with E-state index in [0.717, 1.165) is 33.3 Å². The lowest BCUT2D eigenvalue weighted by atomic mass is 10.0. The standard InChI is InChI=1S/C18H20N2O2S2/c1-12(2)15-5-7-17(8-6-15)24(21,22)20-18-13(3)9-16(23-11-19)10-14(18)4/h5-10,12,20H,1-4H3. The summed E-state index contributed by atoms with van der Waals surface area (Å²) in [6, 6.07) is 10.5. The Bertz CT molecular complexity index is 857. The summed E-state index contributed by atoms with van der Waals surface area (Å²) >= 11 is 1.06. The summed E-state index contributed by atoms with van der Waals surface area (Å²) < 4.78 is 27.9. The number of nitriles is 1. The Balaban J connectivity index is 2.34. The first kappa shape index (κ1) is 18.4. The second-order valence-electron chi connectivity index (χ2n) is 5.95. The third-order valence-electron chi connectivity index (χ3n) is 3.76. The van der Waals surface area contributed by atoms with Crippen LogP contribution in [0.1, 0.15) is 36.5 Å². The third kappa shape index (κ3) is 4.11. The highest BCUT2D eigenvalue weighted by atomic mass is 32.2. The van der Waals surface area contributed by atoms with Crippen LogP contribution in [0.3, 0.4) is 0 Å². The van der Waals surface area contributed by atoms with E-state index in [1.807, 2.05) is 31.4 Å². The molecule has 0 heterocycles. The van der Waals surface area contributed by atoms with Gasteiger partial charge in [0.2, 0.25) is 0 Å². The summed E-state index contributed by atoms with van der Waals surface area (Å²) in [7, 11) is -3.65. The van der Waals surface area contributed by atoms with Gasteiger partial charge in [0.15, 0.2) is 0 Å². The van der Waals surface area contributed by atoms with Crippen LogP contribution < -0.4 is 4.72 Å². The zero-order valence-electron chi connectivity index (χ0n) is 14.1. The van der Waals surface area contributed by atoms with Crippen molar-refractivity contribution in [2.75, 3.05) is 4.72 Å². The molecule has 0 bridgehead atoms. The zero-order chi connectivity index (χ0) is 17.9. The minimum atomic E-state index is -3.65. The van der Waals surface area contributed by atoms with Crippen molar-refractivity contribution in [3.63, 3.8) is 0 Å². The smallest absolute Gasteiger partial charge is 0.261 e. The molecule has 0 aliphatic heterocycles. The SMILES string of the molecule is Cc1cc(SC#N)cc(C)c1NS(=O)(=O)c1ccc(C(C)C)cc1. The van der Waals surface area contributed by atoms with Gasteiger partial charge in [-0.1, -0.05) is 26.0 Å². The molecule has 2 rings (SSSR count). The average molecular weight is 361 g/mol. The van der Waals surface area contributed by atoms with Crippen molar-refractivity contribution in [3.8, 4) is 5.40 Å². The molecule has 6 heteroatoms. The molecule has 4 nitrogen and oxygen atoms in total. The molecule has 0 atom stereocenters. The van der Waals surface area contributed by atoms with Crippen molar-refractivity contribution in [2.24, 2.45) is 0 Å². The number of thiocyanates is 1. The summed E-state index contributed by atoms with van der Waals surface area (Å²) in [5, 5.41) is 10.8. The van der Waals surface area contributed by atoms with Crippen LogP contribution in [0.25, 0.3) is 0 Å². The predicted octanol–water partition coefficient (Wildman–Crippen LogP) is 4.80. The highest BCUT2D eigenvalue weighted by molar-refractivity contribution is 8.03. The molecule has 0 aliphatic rings. The quantitative estimate of drug-likeness (QED) is 0.614. The van der Waals surface area contributed by atoms with E-state index in [1.54, 1.807) is 24.3 Å². The number of hydrogen-bond donors (Lipinski definition) is 1. The molecule has 2 aromatic carbocycles. The van der Waals surface area contributed by atoms with Gasteiger partial charge in [0.25, 0.3) is 10.0 Å². The van der Waals surface area contributed by atoms with Crippen LogP contribution in [0.2, 0.25) is 0 Å². The molecule has 24 heavy (non-hydrogen) atoms. The highest BCUT2D eigenvalue weighted by Gasteiger charge is 2.17. The van der Waals surface area contributed by atoms with Crippen LogP contribution in [-0.2, 0) is 10.0 Å². The Morgan fingerprint density at radius 3 is 2.08 bits per heavy atom. The van der Waals surface area contributed by atoms with Crippen molar-refractivity contribution < 1.29 is 8.42 Å². The maximum absolute atomic E-state index is 12.6. The lowest BCUT2D eigenvalue weighted by Gasteiger charge is -2.15. The largest absolute Gasteiger partial charge is 0.279 e. The van der Waals surface area contributed by atoms with Gasteiger partial charge in [0, 0.05) is 4.90 Å². The van der Waals surface area contributed by atoms with Crippen molar-refractivity contribution in [3.05, 3.63) is 53.1 Å². The fraction of sp³-hybridized carbons (Fsp3) is 0.278. The Morgan fingerprint density at radius 1 is 1.08 bits per heavy atom. The number of sulfonamides is 1. The maximum atomic E-state index is 12.6. The molecule has 126 valence electrons. The first-order valence-corrected chi connectivity index (χ1v) is 9.84. The van der Waals surface area contributed by atoms with Gasteiger partial charge in [0.1, 0.15) is 5.40 Å². The topological polar surface area (TPSA) is 70.0 Å². The molecular weight excluding hydrogens is 340 g/mol. The molecule has 0 saturated heterocycles. The molecule has 0 aromatic heterocycles. The molecule has 0 amide bonds. The van der Waals surface area contributed by atoms with Gasteiger partial charge in [0.05, 0.1) is 10.6 Å². The monoisotopic (exact) mass is 360 g/mol. The Hall–Kier alpha value is -1.97. The van der Waals surface area contributed by atoms with Gasteiger partial charge >= 0.3 is 0 Å². The van der Waals surface area contributed by atoms with E-state index in [1.165, 1.54) is 0 Å². The number of anilines is 1. The highest BCUT2D eigenvalue weighted by Crippen LogP contribution is 2.29. The zero-order valence-corrected chi connectivity index (χ0v) is 15.8. The molecule has 0 unspecified atom stereocenters. The molecule has 1 N–H and O–H groups in total. The Labute approximate surface area is 148 Å². The van der Waals surface area contributed by atoms with Gasteiger partial charge < -0.3 is 0 Å². The molecular formula is C18H20N2O2S2. The summed E-state index contributed by atoms with van der Waals surface area (Å²) in [5.74, 6) is 0.351. The number of hydrogen-bond acceptors (Lipinski definition) is 4. The van der Waals surface area contributed by atoms with Crippen LogP contribution in [0.15, 0.2) is 46.2 Å². The predicted molar refractivity (Wildman–Crippen MR) is 98.7 cm³/mol. The van der Waals surface area contributed by atoms with E-state index >= 15 is 0 Å². The van der Waals surface area contributed by atoms with Crippen LogP contribution in [0.4, 0.5) is 5.69 Å². The number of benzene rings is 2. The average Bonchev–Trinajstić information content (AvgIpc) is 2.51. The number of aryl methyl sites for hydroxylation is 2. The number of thioether (sulfide) groups is 1. The van der Waals surface area contributed by atoms with Crippen LogP contribution in [-0.4, -0.2) is 8.42 Å². The van der Waals surface area contributed by atoms with E-state index in [9.17, 15) is 8.42 Å². The van der Waals surface area contributed by atoms with Crippen molar-refractivity contribution in [1.82, 2.24) is 0 Å². The minimum Gasteiger partial charge on any atom is -0.279 e. The van der Waals surface area contributed by atoms with Gasteiger partial charge in [-0.05, 0) is 72.5 Å². The first-order valence-electron chi connectivity index (χ1n) is 7.54. The van der Waals surface area contributed by atoms with E-state index in [4.69, 9.17) is 5.26 Å². The number of nitrogens with one attached hydrogen (secondary N) is 1. The lowest BCUT2D eigenvalue weighted by Crippen LogP contribution is -2.15. The summed E-state index contributed by atoms with van der Waals surface area (Å²) in [6.45, 7) is 7.78. The van der Waals surface area contributed by atoms with Gasteiger partial charge in [-0.15, -0.1) is 0 Å². The first-order chi connectivity index (χ1) is 11.2. The molecule has 0 fully saturated rings. The maximum Gasteiger partial charge on any atom is 0.261 e. The summed E-state index contributed by atoms with van der Waals surface area (Å²) in [5.41, 5.74) is 3.23. The molecule has 0 saturated carbocycles. The van der Waals surface area contributed by atoms with Crippen molar-refractivity contribution in [2.45, 2.75) is 43.4 Å². The fourth-order valence-electron chi connectivity index (χ4n) is 2.42. The summed E-state index contributed by atoms with van der Waals surface area (Å²) in [6.07, 6.45) is 0. The summed E-state index contributed by atoms with van der Waals surface area (Å²) in [4.78, 5) is 1.04. The van der Waals surface area contributed by atoms with Crippen LogP contribution in [0.5, 0.6) is 0 Å². The molecule has 0 aliphatic carbocycles. The minimum absolute atomic E-state index is 0.237. The van der Waals surface area contributed by atoms with E-state index < -0.39 is 10.0 Å². The second kappa shape index (κ2) is 7.29. The van der Waals surface area contributed by atoms with Crippen molar-refractivity contribution >= 4 is 27.5 Å². The van der Waals surface area contributed by atoms with Gasteiger partial charge in [-0.3, -0.25) is 4.72 Å². The van der Waals surface area contributed by atoms with E-state index in [-0.39, 0.29) is 4.90 Å². The van der Waals surface area contributed by atoms with Gasteiger partial charge in [-0.2, -0.15) is 5.26 Å². The Morgan fingerprint density at radius 2 is 1.62 bits per heavy atom. The number of nitrogens with zero attached hydrogens (tertiary/aromatic N) is 1. The normalized spacial score (nSPS) is 11.3. The number of rotatable bonds is 5. The Kier molecular flexibility index (Phi) is 5.58. The molecule has 2 aromatic rings. The van der Waals surface area contributed by atoms with Crippen LogP contribution in [0, 0.1) is 24.5 Å². The van der Waals surface area contributed by atoms with Crippen molar-refractivity contribution in [1.29, 1.82) is 5.26 Å². The second-order valence-corrected chi connectivity index (χ2v) is 8.50. The third-order valence-corrected chi connectivity index (χ3v) is 5.69. The lowest BCUT2D eigenvalue weighted by molar-refractivity contribution is 0.601. The fourth-order valence-corrected chi connectivity index (χ4v) is 4.20. The molecule has 0 spiro atoms. The van der Waals surface area contributed by atoms with Crippen LogP contribution >= 0.6 is 11.8 Å². The molecule has 0 radical (unpaired) electrons.